The Morgan fingerprint density at radius 2 is 1.89 bits per heavy atom. The lowest BCUT2D eigenvalue weighted by Crippen LogP contribution is -2.13. The van der Waals surface area contributed by atoms with Crippen LogP contribution in [0.1, 0.15) is 12.8 Å². The summed E-state index contributed by atoms with van der Waals surface area (Å²) in [5, 5.41) is 12.3. The molecule has 138 valence electrons. The third-order valence-corrected chi connectivity index (χ3v) is 4.34. The molecule has 3 rings (SSSR count). The van der Waals surface area contributed by atoms with Crippen molar-refractivity contribution in [2.24, 2.45) is 0 Å². The first-order valence-electron chi connectivity index (χ1n) is 8.40. The van der Waals surface area contributed by atoms with Gasteiger partial charge in [-0.25, -0.2) is 9.97 Å². The maximum absolute atomic E-state index is 12.0. The van der Waals surface area contributed by atoms with Crippen LogP contribution in [0.4, 0.5) is 5.69 Å². The minimum atomic E-state index is -0.126. The number of nitrogens with zero attached hydrogens (tertiary/aromatic N) is 2. The fourth-order valence-electron chi connectivity index (χ4n) is 2.39. The summed E-state index contributed by atoms with van der Waals surface area (Å²) in [6, 6.07) is 14.3. The number of hydrogen-bond acceptors (Lipinski definition) is 5. The third-order valence-electron chi connectivity index (χ3n) is 3.68. The van der Waals surface area contributed by atoms with E-state index >= 15 is 0 Å². The van der Waals surface area contributed by atoms with Crippen LogP contribution in [0.2, 0.25) is 0 Å². The van der Waals surface area contributed by atoms with Crippen molar-refractivity contribution in [3.8, 4) is 22.9 Å². The number of anilines is 1. The molecule has 0 unspecified atom stereocenters. The van der Waals surface area contributed by atoms with Crippen molar-refractivity contribution < 1.29 is 14.6 Å². The molecule has 0 atom stereocenters. The lowest BCUT2D eigenvalue weighted by molar-refractivity contribution is -0.116. The summed E-state index contributed by atoms with van der Waals surface area (Å²) in [5.41, 5.74) is 1.23. The van der Waals surface area contributed by atoms with Crippen LogP contribution in [0.3, 0.4) is 0 Å². The van der Waals surface area contributed by atoms with E-state index in [0.29, 0.717) is 36.5 Å². The highest BCUT2D eigenvalue weighted by molar-refractivity contribution is 9.10. The van der Waals surface area contributed by atoms with Crippen LogP contribution in [0.5, 0.6) is 11.5 Å². The second-order valence-electron chi connectivity index (χ2n) is 5.78. The van der Waals surface area contributed by atoms with Crippen LogP contribution in [-0.4, -0.2) is 27.6 Å². The van der Waals surface area contributed by atoms with Crippen LogP contribution in [-0.2, 0) is 4.79 Å². The molecule has 0 saturated heterocycles. The fraction of sp³-hybridized carbons (Fsp3) is 0.150. The molecule has 0 bridgehead atoms. The molecule has 1 aromatic heterocycles. The quantitative estimate of drug-likeness (QED) is 0.545. The number of carbonyl (C=O) groups excluding carboxylic acids is 1. The highest BCUT2D eigenvalue weighted by Gasteiger charge is 2.06. The smallest absolute Gasteiger partial charge is 0.224 e. The Morgan fingerprint density at radius 3 is 2.63 bits per heavy atom. The van der Waals surface area contributed by atoms with E-state index in [1.165, 1.54) is 0 Å². The fourth-order valence-corrected chi connectivity index (χ4v) is 2.79. The largest absolute Gasteiger partial charge is 0.508 e. The maximum atomic E-state index is 12.0. The Balaban J connectivity index is 1.46. The van der Waals surface area contributed by atoms with E-state index in [-0.39, 0.29) is 11.7 Å². The third kappa shape index (κ3) is 5.52. The summed E-state index contributed by atoms with van der Waals surface area (Å²) < 4.78 is 6.53. The number of aromatic hydroxyl groups is 1. The molecule has 3 aromatic rings. The number of phenolic OH excluding ortho intramolecular Hbond substituents is 1. The molecule has 0 saturated carbocycles. The van der Waals surface area contributed by atoms with Crippen LogP contribution in [0.25, 0.3) is 11.4 Å². The summed E-state index contributed by atoms with van der Waals surface area (Å²) in [5.74, 6) is 1.26. The van der Waals surface area contributed by atoms with E-state index in [4.69, 9.17) is 4.74 Å². The van der Waals surface area contributed by atoms with Crippen molar-refractivity contribution in [1.82, 2.24) is 9.97 Å². The average Bonchev–Trinajstić information content (AvgIpc) is 2.67. The Bertz CT molecular complexity index is 916. The number of halogens is 1. The summed E-state index contributed by atoms with van der Waals surface area (Å²) in [4.78, 5) is 20.5. The number of phenols is 1. The van der Waals surface area contributed by atoms with E-state index in [0.717, 1.165) is 10.2 Å². The van der Waals surface area contributed by atoms with Gasteiger partial charge in [-0.1, -0.05) is 24.3 Å². The first kappa shape index (κ1) is 18.8. The van der Waals surface area contributed by atoms with Gasteiger partial charge in [-0.2, -0.15) is 0 Å². The molecule has 0 fully saturated rings. The summed E-state index contributed by atoms with van der Waals surface area (Å²) in [7, 11) is 0. The molecule has 1 amide bonds. The zero-order valence-electron chi connectivity index (χ0n) is 14.4. The lowest BCUT2D eigenvalue weighted by Gasteiger charge is -2.08. The Kier molecular flexibility index (Phi) is 6.38. The Labute approximate surface area is 165 Å². The van der Waals surface area contributed by atoms with Gasteiger partial charge in [-0.15, -0.1) is 0 Å². The molecule has 7 heteroatoms. The first-order valence-corrected chi connectivity index (χ1v) is 9.20. The summed E-state index contributed by atoms with van der Waals surface area (Å²) in [6.07, 6.45) is 4.01. The molecule has 2 N–H and O–H groups in total. The molecule has 0 aliphatic rings. The number of rotatable bonds is 7. The minimum absolute atomic E-state index is 0.126. The van der Waals surface area contributed by atoms with Gasteiger partial charge in [0.05, 0.1) is 29.2 Å². The van der Waals surface area contributed by atoms with Gasteiger partial charge in [-0.3, -0.25) is 4.79 Å². The SMILES string of the molecule is O=C(CCCOc1ccccc1Br)Nc1cnc(-c2cccc(O)c2)nc1. The predicted octanol–water partition coefficient (Wildman–Crippen LogP) is 4.41. The van der Waals surface area contributed by atoms with E-state index < -0.39 is 0 Å². The monoisotopic (exact) mass is 427 g/mol. The summed E-state index contributed by atoms with van der Waals surface area (Å²) >= 11 is 3.42. The Morgan fingerprint density at radius 1 is 1.11 bits per heavy atom. The van der Waals surface area contributed by atoms with Crippen LogP contribution in [0, 0.1) is 0 Å². The topological polar surface area (TPSA) is 84.3 Å². The number of para-hydroxylation sites is 1. The van der Waals surface area contributed by atoms with E-state index in [1.807, 2.05) is 24.3 Å². The Hall–Kier alpha value is -2.93. The predicted molar refractivity (Wildman–Crippen MR) is 107 cm³/mol. The number of aromatic nitrogens is 2. The summed E-state index contributed by atoms with van der Waals surface area (Å²) in [6.45, 7) is 0.447. The van der Waals surface area contributed by atoms with Crippen LogP contribution >= 0.6 is 15.9 Å². The molecule has 2 aromatic carbocycles. The van der Waals surface area contributed by atoms with Gasteiger partial charge in [0.15, 0.2) is 5.82 Å². The number of amides is 1. The van der Waals surface area contributed by atoms with Gasteiger partial charge in [0, 0.05) is 12.0 Å². The zero-order valence-corrected chi connectivity index (χ0v) is 16.0. The van der Waals surface area contributed by atoms with Crippen molar-refractivity contribution in [3.63, 3.8) is 0 Å². The number of ether oxygens (including phenoxy) is 1. The zero-order chi connectivity index (χ0) is 19.1. The molecule has 1 heterocycles. The second-order valence-corrected chi connectivity index (χ2v) is 6.63. The molecule has 0 aliphatic heterocycles. The van der Waals surface area contributed by atoms with Crippen molar-refractivity contribution in [2.45, 2.75) is 12.8 Å². The standard InChI is InChI=1S/C20H18BrN3O3/c21-17-7-1-2-8-18(17)27-10-4-9-19(26)24-15-12-22-20(23-13-15)14-5-3-6-16(25)11-14/h1-3,5-8,11-13,25H,4,9-10H2,(H,24,26). The molecule has 6 nitrogen and oxygen atoms in total. The molecular formula is C20H18BrN3O3. The number of carbonyl (C=O) groups is 1. The second kappa shape index (κ2) is 9.14. The lowest BCUT2D eigenvalue weighted by atomic mass is 10.2. The maximum Gasteiger partial charge on any atom is 0.224 e. The molecule has 0 aliphatic carbocycles. The van der Waals surface area contributed by atoms with Gasteiger partial charge in [0.25, 0.3) is 0 Å². The van der Waals surface area contributed by atoms with Crippen molar-refractivity contribution in [2.75, 3.05) is 11.9 Å². The van der Waals surface area contributed by atoms with Gasteiger partial charge in [0.1, 0.15) is 11.5 Å². The van der Waals surface area contributed by atoms with Crippen LogP contribution < -0.4 is 10.1 Å². The molecule has 0 radical (unpaired) electrons. The average molecular weight is 428 g/mol. The van der Waals surface area contributed by atoms with Crippen molar-refractivity contribution >= 4 is 27.5 Å². The number of hydrogen-bond donors (Lipinski definition) is 2. The van der Waals surface area contributed by atoms with Crippen LogP contribution in [0.15, 0.2) is 65.4 Å². The van der Waals surface area contributed by atoms with Gasteiger partial charge < -0.3 is 15.2 Å². The highest BCUT2D eigenvalue weighted by Crippen LogP contribution is 2.24. The number of nitrogens with one attached hydrogen (secondary N) is 1. The van der Waals surface area contributed by atoms with Gasteiger partial charge in [0.2, 0.25) is 5.91 Å². The minimum Gasteiger partial charge on any atom is -0.508 e. The van der Waals surface area contributed by atoms with Gasteiger partial charge in [-0.05, 0) is 46.6 Å². The molecular weight excluding hydrogens is 410 g/mol. The highest BCUT2D eigenvalue weighted by atomic mass is 79.9. The normalized spacial score (nSPS) is 10.4. The van der Waals surface area contributed by atoms with Gasteiger partial charge >= 0.3 is 0 Å². The molecule has 0 spiro atoms. The van der Waals surface area contributed by atoms with E-state index in [9.17, 15) is 9.90 Å². The van der Waals surface area contributed by atoms with E-state index in [1.54, 1.807) is 36.7 Å². The first-order chi connectivity index (χ1) is 13.1. The number of benzene rings is 2. The van der Waals surface area contributed by atoms with E-state index in [2.05, 4.69) is 31.2 Å². The van der Waals surface area contributed by atoms with Crippen molar-refractivity contribution in [3.05, 3.63) is 65.4 Å². The molecule has 27 heavy (non-hydrogen) atoms. The van der Waals surface area contributed by atoms with Crippen molar-refractivity contribution in [1.29, 1.82) is 0 Å².